The van der Waals surface area contributed by atoms with Crippen LogP contribution in [0.3, 0.4) is 0 Å². The third-order valence-electron chi connectivity index (χ3n) is 5.50. The molecule has 32 heavy (non-hydrogen) atoms. The maximum Gasteiger partial charge on any atom is 0.220 e. The molecule has 172 valence electrons. The molecule has 8 heteroatoms. The van der Waals surface area contributed by atoms with Gasteiger partial charge in [0.05, 0.1) is 25.5 Å². The third kappa shape index (κ3) is 5.37. The monoisotopic (exact) mass is 440 g/mol. The molecule has 1 amide bonds. The van der Waals surface area contributed by atoms with Crippen molar-refractivity contribution in [3.05, 3.63) is 52.5 Å². The highest BCUT2D eigenvalue weighted by Crippen LogP contribution is 2.30. The highest BCUT2D eigenvalue weighted by atomic mass is 16.5. The van der Waals surface area contributed by atoms with Crippen LogP contribution in [0.2, 0.25) is 0 Å². The largest absolute Gasteiger partial charge is 0.493 e. The number of hydrogen-bond acceptors (Lipinski definition) is 6. The first-order chi connectivity index (χ1) is 15.3. The van der Waals surface area contributed by atoms with E-state index in [1.54, 1.807) is 14.2 Å². The highest BCUT2D eigenvalue weighted by molar-refractivity contribution is 5.76. The van der Waals surface area contributed by atoms with Crippen molar-refractivity contribution < 1.29 is 19.0 Å². The van der Waals surface area contributed by atoms with Gasteiger partial charge in [-0.05, 0) is 57.4 Å². The lowest BCUT2D eigenvalue weighted by Crippen LogP contribution is -2.27. The zero-order chi connectivity index (χ0) is 23.3. The number of fused-ring (bicyclic) bond motifs is 1. The molecule has 2 heterocycles. The van der Waals surface area contributed by atoms with Gasteiger partial charge >= 0.3 is 0 Å². The number of nitrogens with one attached hydrogen (secondary N) is 1. The van der Waals surface area contributed by atoms with Crippen LogP contribution in [0.5, 0.6) is 11.5 Å². The van der Waals surface area contributed by atoms with Crippen LogP contribution in [0.15, 0.2) is 24.3 Å². The average Bonchev–Trinajstić information content (AvgIpc) is 3.14. The summed E-state index contributed by atoms with van der Waals surface area (Å²) in [5.74, 6) is 1.25. The summed E-state index contributed by atoms with van der Waals surface area (Å²) in [6.07, 6.45) is 0.975. The van der Waals surface area contributed by atoms with Gasteiger partial charge in [0.1, 0.15) is 6.61 Å². The summed E-state index contributed by atoms with van der Waals surface area (Å²) in [7, 11) is 3.23. The smallest absolute Gasteiger partial charge is 0.220 e. The van der Waals surface area contributed by atoms with E-state index in [4.69, 9.17) is 14.2 Å². The lowest BCUT2D eigenvalue weighted by Gasteiger charge is -2.17. The molecular weight excluding hydrogens is 408 g/mol. The van der Waals surface area contributed by atoms with Crippen LogP contribution in [0, 0.1) is 20.8 Å². The van der Waals surface area contributed by atoms with Crippen molar-refractivity contribution >= 4 is 11.6 Å². The molecule has 0 saturated heterocycles. The van der Waals surface area contributed by atoms with Gasteiger partial charge in [0.25, 0.3) is 0 Å². The molecule has 0 saturated carbocycles. The van der Waals surface area contributed by atoms with E-state index in [-0.39, 0.29) is 11.9 Å². The second kappa shape index (κ2) is 10.5. The molecule has 0 aliphatic heterocycles. The molecule has 1 aromatic carbocycles. The zero-order valence-electron chi connectivity index (χ0n) is 19.7. The Labute approximate surface area is 188 Å². The minimum absolute atomic E-state index is 0.0209. The maximum absolute atomic E-state index is 12.7. The third-order valence-corrected chi connectivity index (χ3v) is 5.50. The molecule has 0 aliphatic rings. The van der Waals surface area contributed by atoms with E-state index in [0.717, 1.165) is 33.9 Å². The van der Waals surface area contributed by atoms with E-state index < -0.39 is 0 Å². The topological polar surface area (TPSA) is 87.0 Å². The first-order valence-electron chi connectivity index (χ1n) is 10.8. The van der Waals surface area contributed by atoms with Crippen molar-refractivity contribution in [3.63, 3.8) is 0 Å². The number of carbonyl (C=O) groups excluding carboxylic acids is 1. The summed E-state index contributed by atoms with van der Waals surface area (Å²) >= 11 is 0. The fraction of sp³-hybridized carbons (Fsp3) is 0.458. The normalized spacial score (nSPS) is 12.1. The molecule has 1 atom stereocenters. The number of methoxy groups -OCH3 is 2. The van der Waals surface area contributed by atoms with Gasteiger partial charge in [-0.15, -0.1) is 0 Å². The molecule has 8 nitrogen and oxygen atoms in total. The SMILES string of the molecule is COCCOc1ccc(C(C)NC(=O)CCc2c(C)nc3cc(C)nn3c2C)cc1OC. The molecule has 3 aromatic rings. The van der Waals surface area contributed by atoms with E-state index in [2.05, 4.69) is 15.4 Å². The standard InChI is InChI=1S/C24H32N4O4/c1-15-13-23-25-17(3)20(18(4)28(23)27-15)8-10-24(29)26-16(2)19-7-9-21(22(14-19)31-6)32-12-11-30-5/h7,9,13-14,16H,8,10-12H2,1-6H3,(H,26,29). The van der Waals surface area contributed by atoms with Crippen molar-refractivity contribution in [1.82, 2.24) is 19.9 Å². The van der Waals surface area contributed by atoms with E-state index in [9.17, 15) is 4.79 Å². The Kier molecular flexibility index (Phi) is 7.69. The summed E-state index contributed by atoms with van der Waals surface area (Å²) in [5, 5.41) is 7.57. The Morgan fingerprint density at radius 2 is 1.91 bits per heavy atom. The van der Waals surface area contributed by atoms with Crippen molar-refractivity contribution in [1.29, 1.82) is 0 Å². The molecule has 0 radical (unpaired) electrons. The van der Waals surface area contributed by atoms with Gasteiger partial charge in [0, 0.05) is 31.0 Å². The molecule has 0 spiro atoms. The zero-order valence-corrected chi connectivity index (χ0v) is 19.7. The van der Waals surface area contributed by atoms with Gasteiger partial charge in [0.2, 0.25) is 5.91 Å². The van der Waals surface area contributed by atoms with Gasteiger partial charge in [-0.3, -0.25) is 4.79 Å². The molecule has 0 aliphatic carbocycles. The van der Waals surface area contributed by atoms with Gasteiger partial charge in [-0.25, -0.2) is 9.50 Å². The van der Waals surface area contributed by atoms with Crippen LogP contribution in [-0.2, 0) is 16.0 Å². The minimum Gasteiger partial charge on any atom is -0.493 e. The van der Waals surface area contributed by atoms with E-state index in [1.807, 2.05) is 56.5 Å². The summed E-state index contributed by atoms with van der Waals surface area (Å²) in [5.41, 5.74) is 5.72. The predicted octanol–water partition coefficient (Wildman–Crippen LogP) is 3.50. The number of nitrogens with zero attached hydrogens (tertiary/aromatic N) is 3. The Morgan fingerprint density at radius 3 is 2.62 bits per heavy atom. The van der Waals surface area contributed by atoms with E-state index >= 15 is 0 Å². The van der Waals surface area contributed by atoms with Crippen LogP contribution < -0.4 is 14.8 Å². The van der Waals surface area contributed by atoms with Gasteiger partial charge in [0.15, 0.2) is 17.1 Å². The highest BCUT2D eigenvalue weighted by Gasteiger charge is 2.16. The van der Waals surface area contributed by atoms with Crippen LogP contribution in [0.4, 0.5) is 0 Å². The number of aryl methyl sites for hydroxylation is 3. The lowest BCUT2D eigenvalue weighted by atomic mass is 10.0. The van der Waals surface area contributed by atoms with Crippen LogP contribution in [0.1, 0.15) is 47.6 Å². The maximum atomic E-state index is 12.7. The van der Waals surface area contributed by atoms with Gasteiger partial charge < -0.3 is 19.5 Å². The number of aromatic nitrogens is 3. The molecule has 2 aromatic heterocycles. The van der Waals surface area contributed by atoms with Crippen molar-refractivity contribution in [2.75, 3.05) is 27.4 Å². The molecule has 1 N–H and O–H groups in total. The number of ether oxygens (including phenoxy) is 3. The van der Waals surface area contributed by atoms with Crippen LogP contribution >= 0.6 is 0 Å². The van der Waals surface area contributed by atoms with E-state index in [1.165, 1.54) is 0 Å². The molecule has 0 fully saturated rings. The number of carbonyl (C=O) groups is 1. The van der Waals surface area contributed by atoms with E-state index in [0.29, 0.717) is 37.6 Å². The van der Waals surface area contributed by atoms with Crippen molar-refractivity contribution in [3.8, 4) is 11.5 Å². The summed E-state index contributed by atoms with van der Waals surface area (Å²) < 4.78 is 18.0. The summed E-state index contributed by atoms with van der Waals surface area (Å²) in [4.78, 5) is 17.3. The second-order valence-corrected chi connectivity index (χ2v) is 7.86. The molecule has 1 unspecified atom stereocenters. The average molecular weight is 441 g/mol. The van der Waals surface area contributed by atoms with Crippen molar-refractivity contribution in [2.24, 2.45) is 0 Å². The number of rotatable bonds is 10. The van der Waals surface area contributed by atoms with Crippen LogP contribution in [0.25, 0.3) is 5.65 Å². The fourth-order valence-corrected chi connectivity index (χ4v) is 3.75. The Balaban J connectivity index is 1.63. The number of hydrogen-bond donors (Lipinski definition) is 1. The summed E-state index contributed by atoms with van der Waals surface area (Å²) in [6, 6.07) is 7.47. The Bertz CT molecular complexity index is 1090. The molecule has 3 rings (SSSR count). The van der Waals surface area contributed by atoms with Gasteiger partial charge in [-0.2, -0.15) is 5.10 Å². The van der Waals surface area contributed by atoms with Crippen molar-refractivity contribution in [2.45, 2.75) is 46.6 Å². The minimum atomic E-state index is -0.166. The molecule has 0 bridgehead atoms. The first kappa shape index (κ1) is 23.5. The Hall–Kier alpha value is -3.13. The second-order valence-electron chi connectivity index (χ2n) is 7.86. The molecular formula is C24H32N4O4. The number of amides is 1. The predicted molar refractivity (Wildman–Crippen MR) is 122 cm³/mol. The van der Waals surface area contributed by atoms with Crippen LogP contribution in [-0.4, -0.2) is 47.9 Å². The lowest BCUT2D eigenvalue weighted by molar-refractivity contribution is -0.121. The first-order valence-corrected chi connectivity index (χ1v) is 10.8. The summed E-state index contributed by atoms with van der Waals surface area (Å²) in [6.45, 7) is 8.84. The quantitative estimate of drug-likeness (QED) is 0.486. The van der Waals surface area contributed by atoms with Gasteiger partial charge in [-0.1, -0.05) is 6.07 Å². The Morgan fingerprint density at radius 1 is 1.12 bits per heavy atom. The number of benzene rings is 1. The fourth-order valence-electron chi connectivity index (χ4n) is 3.75.